The Morgan fingerprint density at radius 1 is 1.38 bits per heavy atom. The first kappa shape index (κ1) is 16.9. The Morgan fingerprint density at radius 3 is 2.57 bits per heavy atom. The highest BCUT2D eigenvalue weighted by Crippen LogP contribution is 2.29. The topological polar surface area (TPSA) is 90.7 Å². The van der Waals surface area contributed by atoms with Crippen molar-refractivity contribution in [3.8, 4) is 5.75 Å². The molecule has 0 saturated carbocycles. The molecule has 0 radical (unpaired) electrons. The van der Waals surface area contributed by atoms with Gasteiger partial charge in [0, 0.05) is 18.7 Å². The Hall–Kier alpha value is -2.15. The fraction of sp³-hybridized carbons (Fsp3) is 0.500. The zero-order valence-corrected chi connectivity index (χ0v) is 12.6. The number of nitro benzene ring substituents is 1. The first-order valence-electron chi connectivity index (χ1n) is 6.60. The van der Waals surface area contributed by atoms with Crippen molar-refractivity contribution in [1.29, 1.82) is 0 Å². The highest BCUT2D eigenvalue weighted by Gasteiger charge is 2.22. The van der Waals surface area contributed by atoms with Crippen LogP contribution in [0.15, 0.2) is 18.2 Å². The molecular formula is C14H20N2O5. The standard InChI is InChI=1S/C14H20N2O5/c1-9(2)15-8-11-5-6-13(12(7-11)16(18)19)21-10(3)14(17)20-4/h5-7,9-10,15H,8H2,1-4H3. The maximum absolute atomic E-state index is 11.3. The normalized spacial score (nSPS) is 12.0. The van der Waals surface area contributed by atoms with Crippen molar-refractivity contribution < 1.29 is 19.2 Å². The van der Waals surface area contributed by atoms with E-state index in [1.807, 2.05) is 13.8 Å². The first-order chi connectivity index (χ1) is 9.85. The van der Waals surface area contributed by atoms with Crippen LogP contribution in [-0.4, -0.2) is 30.1 Å². The Bertz CT molecular complexity index is 516. The molecule has 0 aliphatic carbocycles. The fourth-order valence-electron chi connectivity index (χ4n) is 1.64. The maximum atomic E-state index is 11.3. The second kappa shape index (κ2) is 7.58. The molecule has 1 aromatic carbocycles. The van der Waals surface area contributed by atoms with E-state index in [1.165, 1.54) is 26.2 Å². The number of rotatable bonds is 7. The number of hydrogen-bond donors (Lipinski definition) is 1. The van der Waals surface area contributed by atoms with Crippen molar-refractivity contribution >= 4 is 11.7 Å². The summed E-state index contributed by atoms with van der Waals surface area (Å²) in [4.78, 5) is 21.9. The lowest BCUT2D eigenvalue weighted by molar-refractivity contribution is -0.386. The van der Waals surface area contributed by atoms with Crippen LogP contribution in [0.3, 0.4) is 0 Å². The molecule has 0 spiro atoms. The maximum Gasteiger partial charge on any atom is 0.346 e. The van der Waals surface area contributed by atoms with Crippen molar-refractivity contribution in [3.05, 3.63) is 33.9 Å². The number of esters is 1. The number of nitro groups is 1. The molecule has 0 bridgehead atoms. The number of carbonyl (C=O) groups is 1. The third-order valence-electron chi connectivity index (χ3n) is 2.77. The molecule has 1 rings (SSSR count). The van der Waals surface area contributed by atoms with E-state index < -0.39 is 17.0 Å². The van der Waals surface area contributed by atoms with Crippen LogP contribution >= 0.6 is 0 Å². The van der Waals surface area contributed by atoms with Crippen molar-refractivity contribution in [2.45, 2.75) is 39.5 Å². The molecule has 1 N–H and O–H groups in total. The zero-order valence-electron chi connectivity index (χ0n) is 12.6. The Kier molecular flexibility index (Phi) is 6.10. The van der Waals surface area contributed by atoms with Gasteiger partial charge in [0.25, 0.3) is 0 Å². The molecule has 0 amide bonds. The summed E-state index contributed by atoms with van der Waals surface area (Å²) in [6, 6.07) is 4.94. The molecular weight excluding hydrogens is 276 g/mol. The smallest absolute Gasteiger partial charge is 0.346 e. The van der Waals surface area contributed by atoms with Crippen LogP contribution in [0.2, 0.25) is 0 Å². The van der Waals surface area contributed by atoms with Gasteiger partial charge in [-0.3, -0.25) is 10.1 Å². The Labute approximate surface area is 123 Å². The summed E-state index contributed by atoms with van der Waals surface area (Å²) in [6.45, 7) is 5.98. The van der Waals surface area contributed by atoms with Crippen LogP contribution in [0, 0.1) is 10.1 Å². The molecule has 0 saturated heterocycles. The third kappa shape index (κ3) is 5.03. The van der Waals surface area contributed by atoms with Gasteiger partial charge in [-0.1, -0.05) is 19.9 Å². The van der Waals surface area contributed by atoms with E-state index in [2.05, 4.69) is 10.1 Å². The predicted molar refractivity (Wildman–Crippen MR) is 77.2 cm³/mol. The van der Waals surface area contributed by atoms with Crippen LogP contribution in [0.1, 0.15) is 26.3 Å². The molecule has 0 aromatic heterocycles. The molecule has 0 aliphatic heterocycles. The van der Waals surface area contributed by atoms with Gasteiger partial charge in [0.05, 0.1) is 12.0 Å². The Morgan fingerprint density at radius 2 is 2.05 bits per heavy atom. The number of ether oxygens (including phenoxy) is 2. The van der Waals surface area contributed by atoms with Crippen LogP contribution in [0.4, 0.5) is 5.69 Å². The van der Waals surface area contributed by atoms with Gasteiger partial charge in [0.15, 0.2) is 11.9 Å². The van der Waals surface area contributed by atoms with E-state index in [4.69, 9.17) is 4.74 Å². The summed E-state index contributed by atoms with van der Waals surface area (Å²) in [5, 5.41) is 14.3. The van der Waals surface area contributed by atoms with Crippen molar-refractivity contribution in [2.24, 2.45) is 0 Å². The average Bonchev–Trinajstić information content (AvgIpc) is 2.44. The van der Waals surface area contributed by atoms with Crippen molar-refractivity contribution in [2.75, 3.05) is 7.11 Å². The van der Waals surface area contributed by atoms with E-state index in [1.54, 1.807) is 6.07 Å². The lowest BCUT2D eigenvalue weighted by Crippen LogP contribution is -2.25. The minimum Gasteiger partial charge on any atom is -0.472 e. The quantitative estimate of drug-likeness (QED) is 0.470. The van der Waals surface area contributed by atoms with Crippen LogP contribution in [0.5, 0.6) is 5.75 Å². The zero-order chi connectivity index (χ0) is 16.0. The molecule has 0 heterocycles. The molecule has 0 fully saturated rings. The minimum atomic E-state index is -0.909. The van der Waals surface area contributed by atoms with Crippen molar-refractivity contribution in [1.82, 2.24) is 5.32 Å². The highest BCUT2D eigenvalue weighted by molar-refractivity contribution is 5.74. The fourth-order valence-corrected chi connectivity index (χ4v) is 1.64. The molecule has 1 unspecified atom stereocenters. The van der Waals surface area contributed by atoms with Gasteiger partial charge in [0.2, 0.25) is 0 Å². The largest absolute Gasteiger partial charge is 0.472 e. The van der Waals surface area contributed by atoms with Gasteiger partial charge in [-0.25, -0.2) is 4.79 Å². The summed E-state index contributed by atoms with van der Waals surface area (Å²) < 4.78 is 9.83. The van der Waals surface area contributed by atoms with Crippen molar-refractivity contribution in [3.63, 3.8) is 0 Å². The predicted octanol–water partition coefficient (Wildman–Crippen LogP) is 2.03. The van der Waals surface area contributed by atoms with E-state index in [9.17, 15) is 14.9 Å². The van der Waals surface area contributed by atoms with E-state index in [0.29, 0.717) is 6.54 Å². The number of benzene rings is 1. The lowest BCUT2D eigenvalue weighted by Gasteiger charge is -2.13. The summed E-state index contributed by atoms with van der Waals surface area (Å²) >= 11 is 0. The summed E-state index contributed by atoms with van der Waals surface area (Å²) in [5.74, 6) is -0.541. The lowest BCUT2D eigenvalue weighted by atomic mass is 10.1. The molecule has 21 heavy (non-hydrogen) atoms. The number of hydrogen-bond acceptors (Lipinski definition) is 6. The van der Waals surface area contributed by atoms with Gasteiger partial charge >= 0.3 is 11.7 Å². The monoisotopic (exact) mass is 296 g/mol. The van der Waals surface area contributed by atoms with E-state index in [-0.39, 0.29) is 17.5 Å². The average molecular weight is 296 g/mol. The van der Waals surface area contributed by atoms with Crippen LogP contribution in [0.25, 0.3) is 0 Å². The molecule has 7 nitrogen and oxygen atoms in total. The van der Waals surface area contributed by atoms with Gasteiger partial charge in [-0.2, -0.15) is 0 Å². The van der Waals surface area contributed by atoms with Gasteiger partial charge in [0.1, 0.15) is 0 Å². The second-order valence-corrected chi connectivity index (χ2v) is 4.88. The van der Waals surface area contributed by atoms with Crippen LogP contribution in [-0.2, 0) is 16.1 Å². The highest BCUT2D eigenvalue weighted by atomic mass is 16.6. The number of nitrogens with zero attached hydrogens (tertiary/aromatic N) is 1. The summed E-state index contributed by atoms with van der Waals surface area (Å²) in [7, 11) is 1.23. The van der Waals surface area contributed by atoms with Gasteiger partial charge in [-0.15, -0.1) is 0 Å². The van der Waals surface area contributed by atoms with Crippen LogP contribution < -0.4 is 10.1 Å². The number of nitrogens with one attached hydrogen (secondary N) is 1. The summed E-state index contributed by atoms with van der Waals surface area (Å²) in [6.07, 6.45) is -0.909. The Balaban J connectivity index is 2.94. The molecule has 0 aliphatic rings. The first-order valence-corrected chi connectivity index (χ1v) is 6.60. The molecule has 7 heteroatoms. The minimum absolute atomic E-state index is 0.0474. The summed E-state index contributed by atoms with van der Waals surface area (Å²) in [5.41, 5.74) is 0.599. The van der Waals surface area contributed by atoms with E-state index in [0.717, 1.165) is 5.56 Å². The number of carbonyl (C=O) groups excluding carboxylic acids is 1. The second-order valence-electron chi connectivity index (χ2n) is 4.88. The van der Waals surface area contributed by atoms with Gasteiger partial charge in [-0.05, 0) is 18.6 Å². The third-order valence-corrected chi connectivity index (χ3v) is 2.77. The SMILES string of the molecule is COC(=O)C(C)Oc1ccc(CNC(C)C)cc1[N+](=O)[O-]. The van der Waals surface area contributed by atoms with E-state index >= 15 is 0 Å². The molecule has 1 aromatic rings. The van der Waals surface area contributed by atoms with Gasteiger partial charge < -0.3 is 14.8 Å². The molecule has 1 atom stereocenters. The molecule has 116 valence electrons. The number of methoxy groups -OCH3 is 1.